The normalized spacial score (nSPS) is 23.2. The van der Waals surface area contributed by atoms with Crippen LogP contribution in [0.2, 0.25) is 5.02 Å². The third-order valence-electron chi connectivity index (χ3n) is 6.97. The van der Waals surface area contributed by atoms with Crippen molar-refractivity contribution >= 4 is 35.6 Å². The lowest BCUT2D eigenvalue weighted by molar-refractivity contribution is -0.132. The van der Waals surface area contributed by atoms with Gasteiger partial charge >= 0.3 is 11.9 Å². The van der Waals surface area contributed by atoms with Crippen LogP contribution < -0.4 is 9.47 Å². The van der Waals surface area contributed by atoms with Crippen LogP contribution in [0.5, 0.6) is 11.5 Å². The Morgan fingerprint density at radius 1 is 1.12 bits per heavy atom. The minimum Gasteiger partial charge on any atom is -0.425 e. The standard InChI is InChI=1S/C27H33ClO6/c1-15(12-13-27(7)16(2)9-11-23(32)18(27)4)8-10-21-25(33-19(5)30)22(14-29)17(3)24(28)26(21)34-20(6)31/h8,12-14,16,18H,9-11H2,1-7H3/t16-,18+,27+/m1/s1. The Hall–Kier alpha value is -2.73. The molecule has 1 fully saturated rings. The number of carbonyl (C=O) groups is 4. The summed E-state index contributed by atoms with van der Waals surface area (Å²) in [4.78, 5) is 47.6. The Morgan fingerprint density at radius 3 is 2.26 bits per heavy atom. The van der Waals surface area contributed by atoms with Crippen LogP contribution in [0, 0.1) is 24.2 Å². The summed E-state index contributed by atoms with van der Waals surface area (Å²) in [5.74, 6) is -0.542. The number of rotatable bonds is 7. The average molecular weight is 489 g/mol. The van der Waals surface area contributed by atoms with Crippen molar-refractivity contribution in [2.24, 2.45) is 17.3 Å². The summed E-state index contributed by atoms with van der Waals surface area (Å²) in [6.07, 6.45) is 8.18. The summed E-state index contributed by atoms with van der Waals surface area (Å²) < 4.78 is 10.7. The van der Waals surface area contributed by atoms with Crippen molar-refractivity contribution in [3.8, 4) is 11.5 Å². The van der Waals surface area contributed by atoms with Crippen molar-refractivity contribution < 1.29 is 28.7 Å². The van der Waals surface area contributed by atoms with Gasteiger partial charge in [-0.05, 0) is 43.6 Å². The summed E-state index contributed by atoms with van der Waals surface area (Å²) in [5.41, 5.74) is 1.45. The van der Waals surface area contributed by atoms with Gasteiger partial charge in [0.25, 0.3) is 0 Å². The first-order valence-electron chi connectivity index (χ1n) is 11.4. The van der Waals surface area contributed by atoms with Crippen molar-refractivity contribution in [2.75, 3.05) is 0 Å². The second-order valence-electron chi connectivity index (χ2n) is 9.27. The third-order valence-corrected chi connectivity index (χ3v) is 7.43. The molecule has 3 atom stereocenters. The Kier molecular flexibility index (Phi) is 9.01. The zero-order chi connectivity index (χ0) is 25.8. The second-order valence-corrected chi connectivity index (χ2v) is 9.65. The Bertz CT molecular complexity index is 1070. The zero-order valence-corrected chi connectivity index (χ0v) is 21.7. The molecule has 0 heterocycles. The average Bonchev–Trinajstić information content (AvgIpc) is 2.76. The molecular formula is C27H33ClO6. The summed E-state index contributed by atoms with van der Waals surface area (Å²) in [6.45, 7) is 12.2. The number of ketones is 1. The molecule has 0 aromatic heterocycles. The molecule has 7 heteroatoms. The van der Waals surface area contributed by atoms with Gasteiger partial charge in [-0.15, -0.1) is 0 Å². The fourth-order valence-corrected chi connectivity index (χ4v) is 4.56. The monoisotopic (exact) mass is 488 g/mol. The number of ether oxygens (including phenoxy) is 2. The zero-order valence-electron chi connectivity index (χ0n) is 20.9. The lowest BCUT2D eigenvalue weighted by Crippen LogP contribution is -2.40. The van der Waals surface area contributed by atoms with Crippen LogP contribution in [0.15, 0.2) is 23.8 Å². The van der Waals surface area contributed by atoms with Crippen LogP contribution in [0.25, 0.3) is 0 Å². The molecule has 2 rings (SSSR count). The van der Waals surface area contributed by atoms with Crippen LogP contribution >= 0.6 is 11.6 Å². The van der Waals surface area contributed by atoms with E-state index in [1.165, 1.54) is 13.8 Å². The quantitative estimate of drug-likeness (QED) is 0.202. The summed E-state index contributed by atoms with van der Waals surface area (Å²) >= 11 is 6.43. The van der Waals surface area contributed by atoms with E-state index in [4.69, 9.17) is 21.1 Å². The first-order chi connectivity index (χ1) is 15.8. The van der Waals surface area contributed by atoms with Gasteiger partial charge in [-0.25, -0.2) is 0 Å². The van der Waals surface area contributed by atoms with Gasteiger partial charge in [-0.1, -0.05) is 56.2 Å². The van der Waals surface area contributed by atoms with E-state index in [-0.39, 0.29) is 45.6 Å². The predicted molar refractivity (Wildman–Crippen MR) is 131 cm³/mol. The molecule has 1 aliphatic carbocycles. The van der Waals surface area contributed by atoms with Gasteiger partial charge in [0.2, 0.25) is 0 Å². The molecule has 0 aliphatic heterocycles. The molecule has 1 aromatic rings. The highest BCUT2D eigenvalue weighted by Crippen LogP contribution is 2.45. The van der Waals surface area contributed by atoms with E-state index in [0.29, 0.717) is 29.8 Å². The highest BCUT2D eigenvalue weighted by molar-refractivity contribution is 6.33. The lowest BCUT2D eigenvalue weighted by atomic mass is 9.61. The molecule has 34 heavy (non-hydrogen) atoms. The number of Topliss-reactive ketones (excluding diaryl/α,β-unsaturated/α-hetero) is 1. The van der Waals surface area contributed by atoms with E-state index >= 15 is 0 Å². The van der Waals surface area contributed by atoms with E-state index in [1.807, 2.05) is 26.0 Å². The SMILES string of the molecule is CC(=O)Oc1c(Cl)c(C)c(C=O)c(OC(C)=O)c1CC=C(C)C=C[C@@]1(C)[C@H](C)CCC(=O)[C@@H]1C. The van der Waals surface area contributed by atoms with E-state index in [0.717, 1.165) is 12.0 Å². The van der Waals surface area contributed by atoms with E-state index in [9.17, 15) is 19.2 Å². The van der Waals surface area contributed by atoms with Crippen molar-refractivity contribution in [3.63, 3.8) is 0 Å². The molecule has 0 spiro atoms. The van der Waals surface area contributed by atoms with E-state index < -0.39 is 11.9 Å². The van der Waals surface area contributed by atoms with Crippen LogP contribution in [0.1, 0.15) is 75.9 Å². The molecule has 0 saturated heterocycles. The highest BCUT2D eigenvalue weighted by atomic mass is 35.5. The molecule has 0 N–H and O–H groups in total. The molecule has 184 valence electrons. The van der Waals surface area contributed by atoms with Gasteiger partial charge in [-0.2, -0.15) is 0 Å². The molecule has 0 unspecified atom stereocenters. The molecule has 1 aromatic carbocycles. The van der Waals surface area contributed by atoms with E-state index in [1.54, 1.807) is 6.92 Å². The van der Waals surface area contributed by atoms with Crippen LogP contribution in [-0.4, -0.2) is 24.0 Å². The smallest absolute Gasteiger partial charge is 0.308 e. The minimum atomic E-state index is -0.613. The predicted octanol–water partition coefficient (Wildman–Crippen LogP) is 6.00. The van der Waals surface area contributed by atoms with Gasteiger partial charge < -0.3 is 9.47 Å². The van der Waals surface area contributed by atoms with Gasteiger partial charge in [0.05, 0.1) is 10.6 Å². The molecule has 0 bridgehead atoms. The molecule has 1 saturated carbocycles. The molecule has 0 radical (unpaired) electrons. The Balaban J connectivity index is 2.51. The highest BCUT2D eigenvalue weighted by Gasteiger charge is 2.41. The van der Waals surface area contributed by atoms with Gasteiger partial charge in [0.1, 0.15) is 11.5 Å². The maximum Gasteiger partial charge on any atom is 0.308 e. The first-order valence-corrected chi connectivity index (χ1v) is 11.8. The number of benzene rings is 1. The molecule has 6 nitrogen and oxygen atoms in total. The van der Waals surface area contributed by atoms with Crippen molar-refractivity contribution in [2.45, 2.75) is 67.7 Å². The first kappa shape index (κ1) is 27.5. The number of allylic oxidation sites excluding steroid dienone is 4. The number of hydrogen-bond donors (Lipinski definition) is 0. The Morgan fingerprint density at radius 2 is 1.71 bits per heavy atom. The van der Waals surface area contributed by atoms with Crippen molar-refractivity contribution in [1.29, 1.82) is 0 Å². The van der Waals surface area contributed by atoms with Crippen molar-refractivity contribution in [3.05, 3.63) is 45.5 Å². The van der Waals surface area contributed by atoms with Crippen LogP contribution in [0.3, 0.4) is 0 Å². The van der Waals surface area contributed by atoms with Gasteiger partial charge in [0.15, 0.2) is 12.0 Å². The number of halogens is 1. The van der Waals surface area contributed by atoms with Gasteiger partial charge in [0, 0.05) is 31.7 Å². The fourth-order valence-electron chi connectivity index (χ4n) is 4.31. The summed E-state index contributed by atoms with van der Waals surface area (Å²) in [6, 6.07) is 0. The van der Waals surface area contributed by atoms with Crippen molar-refractivity contribution in [1.82, 2.24) is 0 Å². The molecule has 1 aliphatic rings. The molecular weight excluding hydrogens is 456 g/mol. The Labute approximate surface area is 206 Å². The third kappa shape index (κ3) is 5.84. The number of aldehydes is 1. The summed E-state index contributed by atoms with van der Waals surface area (Å²) in [7, 11) is 0. The summed E-state index contributed by atoms with van der Waals surface area (Å²) in [5, 5.41) is 0.112. The number of esters is 2. The van der Waals surface area contributed by atoms with Gasteiger partial charge in [-0.3, -0.25) is 19.2 Å². The van der Waals surface area contributed by atoms with E-state index in [2.05, 4.69) is 19.9 Å². The van der Waals surface area contributed by atoms with Crippen LogP contribution in [-0.2, 0) is 20.8 Å². The number of carbonyl (C=O) groups excluding carboxylic acids is 4. The molecule has 0 amide bonds. The topological polar surface area (TPSA) is 86.7 Å². The number of hydrogen-bond acceptors (Lipinski definition) is 6. The largest absolute Gasteiger partial charge is 0.425 e. The lowest BCUT2D eigenvalue weighted by Gasteiger charge is -2.42. The maximum atomic E-state index is 12.3. The van der Waals surface area contributed by atoms with Crippen LogP contribution in [0.4, 0.5) is 0 Å². The maximum absolute atomic E-state index is 12.3. The second kappa shape index (κ2) is 11.1. The minimum absolute atomic E-state index is 0.0285. The fraction of sp³-hybridized carbons (Fsp3) is 0.481.